The van der Waals surface area contributed by atoms with Gasteiger partial charge >= 0.3 is 5.97 Å². The molecule has 1 N–H and O–H groups in total. The lowest BCUT2D eigenvalue weighted by Crippen LogP contribution is -1.98. The second kappa shape index (κ2) is 4.89. The summed E-state index contributed by atoms with van der Waals surface area (Å²) in [5.74, 6) is -1.23. The van der Waals surface area contributed by atoms with Gasteiger partial charge in [0.1, 0.15) is 5.82 Å². The summed E-state index contributed by atoms with van der Waals surface area (Å²) >= 11 is 6.22. The van der Waals surface area contributed by atoms with Gasteiger partial charge in [-0.25, -0.2) is 4.39 Å². The topological polar surface area (TPSA) is 37.3 Å². The Bertz CT molecular complexity index is 366. The van der Waals surface area contributed by atoms with Crippen LogP contribution in [-0.4, -0.2) is 11.1 Å². The van der Waals surface area contributed by atoms with Gasteiger partial charge in [0.25, 0.3) is 0 Å². The Hall–Kier alpha value is -0.420. The first kappa shape index (κ1) is 11.7. The van der Waals surface area contributed by atoms with E-state index in [0.29, 0.717) is 15.4 Å². The summed E-state index contributed by atoms with van der Waals surface area (Å²) in [5, 5.41) is 8.49. The van der Waals surface area contributed by atoms with Crippen LogP contribution in [0.4, 0.5) is 4.39 Å². The van der Waals surface area contributed by atoms with E-state index in [0.717, 1.165) is 5.56 Å². The molecule has 76 valence electrons. The molecule has 0 heterocycles. The average Bonchev–Trinajstić information content (AvgIpc) is 2.09. The molecule has 0 radical (unpaired) electrons. The van der Waals surface area contributed by atoms with Crippen molar-refractivity contribution in [2.75, 3.05) is 0 Å². The summed E-state index contributed by atoms with van der Waals surface area (Å²) in [6.07, 6.45) is 0.422. The third kappa shape index (κ3) is 3.06. The number of carboxylic acid groups (broad SMARTS) is 1. The lowest BCUT2D eigenvalue weighted by atomic mass is 10.1. The van der Waals surface area contributed by atoms with E-state index in [4.69, 9.17) is 5.11 Å². The molecule has 0 unspecified atom stereocenters. The van der Waals surface area contributed by atoms with Crippen molar-refractivity contribution in [3.05, 3.63) is 32.5 Å². The monoisotopic (exact) mass is 324 g/mol. The number of halogens is 3. The molecule has 2 nitrogen and oxygen atoms in total. The van der Waals surface area contributed by atoms with Crippen molar-refractivity contribution in [3.8, 4) is 0 Å². The van der Waals surface area contributed by atoms with Gasteiger partial charge < -0.3 is 5.11 Å². The maximum absolute atomic E-state index is 13.0. The van der Waals surface area contributed by atoms with E-state index in [1.807, 2.05) is 0 Å². The SMILES string of the molecule is O=C(O)CCc1cc(Br)c(F)cc1Br. The minimum atomic E-state index is -0.864. The third-order valence-corrected chi connectivity index (χ3v) is 3.04. The van der Waals surface area contributed by atoms with E-state index >= 15 is 0 Å². The van der Waals surface area contributed by atoms with E-state index in [1.165, 1.54) is 6.07 Å². The van der Waals surface area contributed by atoms with Gasteiger partial charge in [0, 0.05) is 10.9 Å². The molecule has 5 heteroatoms. The van der Waals surface area contributed by atoms with Gasteiger partial charge in [0.05, 0.1) is 4.47 Å². The molecule has 0 aromatic heterocycles. The number of aryl methyl sites for hydroxylation is 1. The Balaban J connectivity index is 2.87. The molecule has 1 aromatic carbocycles. The maximum Gasteiger partial charge on any atom is 0.303 e. The van der Waals surface area contributed by atoms with Gasteiger partial charge in [0.2, 0.25) is 0 Å². The smallest absolute Gasteiger partial charge is 0.303 e. The van der Waals surface area contributed by atoms with Gasteiger partial charge in [0.15, 0.2) is 0 Å². The molecule has 0 aliphatic carbocycles. The van der Waals surface area contributed by atoms with Crippen LogP contribution in [0.25, 0.3) is 0 Å². The normalized spacial score (nSPS) is 10.2. The predicted octanol–water partition coefficient (Wildman–Crippen LogP) is 3.37. The zero-order chi connectivity index (χ0) is 10.7. The van der Waals surface area contributed by atoms with Gasteiger partial charge in [-0.3, -0.25) is 4.79 Å². The van der Waals surface area contributed by atoms with Crippen molar-refractivity contribution < 1.29 is 14.3 Å². The van der Waals surface area contributed by atoms with Crippen LogP contribution in [0.5, 0.6) is 0 Å². The van der Waals surface area contributed by atoms with Gasteiger partial charge in [-0.1, -0.05) is 15.9 Å². The van der Waals surface area contributed by atoms with Crippen molar-refractivity contribution in [2.45, 2.75) is 12.8 Å². The molecule has 0 atom stereocenters. The first-order valence-electron chi connectivity index (χ1n) is 3.86. The van der Waals surface area contributed by atoms with E-state index in [-0.39, 0.29) is 12.2 Å². The fraction of sp³-hybridized carbons (Fsp3) is 0.222. The van der Waals surface area contributed by atoms with Crippen molar-refractivity contribution in [2.24, 2.45) is 0 Å². The summed E-state index contributed by atoms with van der Waals surface area (Å²) in [5.41, 5.74) is 0.778. The molecule has 1 rings (SSSR count). The zero-order valence-electron chi connectivity index (χ0n) is 7.06. The molecule has 0 aliphatic rings. The largest absolute Gasteiger partial charge is 0.481 e. The molecule has 1 aromatic rings. The summed E-state index contributed by atoms with van der Waals surface area (Å²) in [4.78, 5) is 10.3. The molecule has 0 saturated heterocycles. The van der Waals surface area contributed by atoms with Crippen molar-refractivity contribution in [1.29, 1.82) is 0 Å². The predicted molar refractivity (Wildman–Crippen MR) is 57.8 cm³/mol. The molecule has 0 aliphatic heterocycles. The van der Waals surface area contributed by atoms with E-state index in [1.54, 1.807) is 6.07 Å². The Morgan fingerprint density at radius 2 is 2.00 bits per heavy atom. The number of rotatable bonds is 3. The molecule has 0 spiro atoms. The Kier molecular flexibility index (Phi) is 4.07. The fourth-order valence-corrected chi connectivity index (χ4v) is 1.90. The molecular weight excluding hydrogens is 319 g/mol. The van der Waals surface area contributed by atoms with Crippen LogP contribution in [0.2, 0.25) is 0 Å². The fourth-order valence-electron chi connectivity index (χ4n) is 0.997. The minimum absolute atomic E-state index is 0.0384. The lowest BCUT2D eigenvalue weighted by molar-refractivity contribution is -0.136. The summed E-state index contributed by atoms with van der Waals surface area (Å²) in [7, 11) is 0. The maximum atomic E-state index is 13.0. The number of hydrogen-bond acceptors (Lipinski definition) is 1. The minimum Gasteiger partial charge on any atom is -0.481 e. The molecule has 0 bridgehead atoms. The highest BCUT2D eigenvalue weighted by atomic mass is 79.9. The number of aliphatic carboxylic acids is 1. The van der Waals surface area contributed by atoms with Crippen LogP contribution in [-0.2, 0) is 11.2 Å². The van der Waals surface area contributed by atoms with Gasteiger partial charge in [-0.05, 0) is 40.0 Å². The van der Waals surface area contributed by atoms with Crippen LogP contribution >= 0.6 is 31.9 Å². The summed E-state index contributed by atoms with van der Waals surface area (Å²) in [6, 6.07) is 2.91. The van der Waals surface area contributed by atoms with Crippen LogP contribution < -0.4 is 0 Å². The van der Waals surface area contributed by atoms with E-state index in [2.05, 4.69) is 31.9 Å². The van der Waals surface area contributed by atoms with Crippen molar-refractivity contribution in [1.82, 2.24) is 0 Å². The standard InChI is InChI=1S/C9H7Br2FO2/c10-6-4-8(12)7(11)3-5(6)1-2-9(13)14/h3-4H,1-2H2,(H,13,14). The first-order valence-corrected chi connectivity index (χ1v) is 5.44. The van der Waals surface area contributed by atoms with Crippen molar-refractivity contribution in [3.63, 3.8) is 0 Å². The van der Waals surface area contributed by atoms with E-state index < -0.39 is 5.97 Å². The number of benzene rings is 1. The quantitative estimate of drug-likeness (QED) is 0.865. The summed E-state index contributed by atoms with van der Waals surface area (Å²) in [6.45, 7) is 0. The molecule has 0 amide bonds. The van der Waals surface area contributed by atoms with Crippen LogP contribution in [0.1, 0.15) is 12.0 Å². The van der Waals surface area contributed by atoms with Gasteiger partial charge in [-0.2, -0.15) is 0 Å². The van der Waals surface area contributed by atoms with Crippen LogP contribution in [0.3, 0.4) is 0 Å². The molecule has 0 saturated carbocycles. The Labute approximate surface area is 97.4 Å². The lowest BCUT2D eigenvalue weighted by Gasteiger charge is -2.04. The van der Waals surface area contributed by atoms with Crippen LogP contribution in [0, 0.1) is 5.82 Å². The second-order valence-corrected chi connectivity index (χ2v) is 4.46. The number of carboxylic acids is 1. The van der Waals surface area contributed by atoms with Gasteiger partial charge in [-0.15, -0.1) is 0 Å². The first-order chi connectivity index (χ1) is 6.50. The summed E-state index contributed by atoms with van der Waals surface area (Å²) < 4.78 is 13.9. The zero-order valence-corrected chi connectivity index (χ0v) is 10.2. The Morgan fingerprint density at radius 1 is 1.36 bits per heavy atom. The third-order valence-electron chi connectivity index (χ3n) is 1.70. The number of hydrogen-bond donors (Lipinski definition) is 1. The van der Waals surface area contributed by atoms with Crippen LogP contribution in [0.15, 0.2) is 21.1 Å². The highest BCUT2D eigenvalue weighted by Gasteiger charge is 2.07. The highest BCUT2D eigenvalue weighted by molar-refractivity contribution is 9.11. The van der Waals surface area contributed by atoms with Crippen molar-refractivity contribution >= 4 is 37.8 Å². The molecule has 14 heavy (non-hydrogen) atoms. The second-order valence-electron chi connectivity index (χ2n) is 2.75. The molecular formula is C9H7Br2FO2. The molecule has 0 fully saturated rings. The number of carbonyl (C=O) groups is 1. The highest BCUT2D eigenvalue weighted by Crippen LogP contribution is 2.25. The van der Waals surface area contributed by atoms with E-state index in [9.17, 15) is 9.18 Å². The average molecular weight is 326 g/mol. The Morgan fingerprint density at radius 3 is 2.57 bits per heavy atom.